The van der Waals surface area contributed by atoms with Gasteiger partial charge in [-0.2, -0.15) is 0 Å². The van der Waals surface area contributed by atoms with Crippen molar-refractivity contribution in [1.29, 1.82) is 0 Å². The van der Waals surface area contributed by atoms with Crippen molar-refractivity contribution < 1.29 is 14.3 Å². The lowest BCUT2D eigenvalue weighted by atomic mass is 10.1. The van der Waals surface area contributed by atoms with Crippen LogP contribution in [0, 0.1) is 13.8 Å². The Hall–Kier alpha value is -4.32. The number of benzene rings is 4. The molecule has 5 aromatic rings. The Morgan fingerprint density at radius 3 is 2.59 bits per heavy atom. The number of aromatic nitrogens is 2. The van der Waals surface area contributed by atoms with Gasteiger partial charge in [0.1, 0.15) is 17.3 Å². The number of ether oxygens (including phenoxy) is 2. The molecule has 0 aliphatic carbocycles. The SMILES string of the molecule is Cc1ccc(C)c(OCC(=O)NCCCCCc2nc3ccccc3n2CCCOc2cccc3ccccc23)c1. The number of nitrogens with zero attached hydrogens (tertiary/aromatic N) is 2. The van der Waals surface area contributed by atoms with Crippen LogP contribution in [0.15, 0.2) is 84.9 Å². The van der Waals surface area contributed by atoms with Gasteiger partial charge >= 0.3 is 0 Å². The summed E-state index contributed by atoms with van der Waals surface area (Å²) in [4.78, 5) is 17.2. The van der Waals surface area contributed by atoms with Crippen molar-refractivity contribution in [2.45, 2.75) is 52.5 Å². The number of imidazole rings is 1. The van der Waals surface area contributed by atoms with E-state index in [0.717, 1.165) is 78.0 Å². The number of carbonyl (C=O) groups is 1. The van der Waals surface area contributed by atoms with Gasteiger partial charge in [-0.1, -0.05) is 67.1 Å². The normalized spacial score (nSPS) is 11.2. The largest absolute Gasteiger partial charge is 0.493 e. The van der Waals surface area contributed by atoms with Crippen LogP contribution in [0.4, 0.5) is 0 Å². The number of hydrogen-bond donors (Lipinski definition) is 1. The van der Waals surface area contributed by atoms with Crippen molar-refractivity contribution in [1.82, 2.24) is 14.9 Å². The zero-order valence-corrected chi connectivity index (χ0v) is 24.1. The minimum absolute atomic E-state index is 0.0402. The third-order valence-corrected chi connectivity index (χ3v) is 7.37. The molecule has 1 N–H and O–H groups in total. The van der Waals surface area contributed by atoms with E-state index in [4.69, 9.17) is 14.5 Å². The fourth-order valence-electron chi connectivity index (χ4n) is 5.16. The topological polar surface area (TPSA) is 65.4 Å². The summed E-state index contributed by atoms with van der Waals surface area (Å²) in [7, 11) is 0. The summed E-state index contributed by atoms with van der Waals surface area (Å²) in [6.45, 7) is 6.20. The number of amides is 1. The zero-order valence-electron chi connectivity index (χ0n) is 24.1. The van der Waals surface area contributed by atoms with Crippen LogP contribution in [-0.4, -0.2) is 35.2 Å². The molecule has 41 heavy (non-hydrogen) atoms. The average Bonchev–Trinajstić information content (AvgIpc) is 3.34. The quantitative estimate of drug-likeness (QED) is 0.149. The van der Waals surface area contributed by atoms with Crippen molar-refractivity contribution in [3.63, 3.8) is 0 Å². The third-order valence-electron chi connectivity index (χ3n) is 7.37. The first-order valence-corrected chi connectivity index (χ1v) is 14.6. The maximum Gasteiger partial charge on any atom is 0.257 e. The van der Waals surface area contributed by atoms with E-state index in [0.29, 0.717) is 13.2 Å². The van der Waals surface area contributed by atoms with E-state index < -0.39 is 0 Å². The predicted molar refractivity (Wildman–Crippen MR) is 166 cm³/mol. The van der Waals surface area contributed by atoms with Gasteiger partial charge in [0, 0.05) is 24.9 Å². The van der Waals surface area contributed by atoms with E-state index in [9.17, 15) is 4.79 Å². The minimum Gasteiger partial charge on any atom is -0.493 e. The summed E-state index contributed by atoms with van der Waals surface area (Å²) >= 11 is 0. The molecule has 0 aliphatic rings. The maximum absolute atomic E-state index is 12.2. The van der Waals surface area contributed by atoms with Crippen molar-refractivity contribution in [2.75, 3.05) is 19.8 Å². The monoisotopic (exact) mass is 549 g/mol. The van der Waals surface area contributed by atoms with E-state index in [1.54, 1.807) is 0 Å². The van der Waals surface area contributed by atoms with Crippen LogP contribution in [0.2, 0.25) is 0 Å². The molecule has 1 heterocycles. The lowest BCUT2D eigenvalue weighted by Gasteiger charge is -2.12. The van der Waals surface area contributed by atoms with Crippen molar-refractivity contribution in [3.05, 3.63) is 102 Å². The van der Waals surface area contributed by atoms with E-state index >= 15 is 0 Å². The highest BCUT2D eigenvalue weighted by atomic mass is 16.5. The van der Waals surface area contributed by atoms with Crippen LogP contribution in [0.25, 0.3) is 21.8 Å². The highest BCUT2D eigenvalue weighted by Gasteiger charge is 2.11. The van der Waals surface area contributed by atoms with Crippen LogP contribution in [0.1, 0.15) is 42.6 Å². The summed E-state index contributed by atoms with van der Waals surface area (Å²) in [5, 5.41) is 5.32. The summed E-state index contributed by atoms with van der Waals surface area (Å²) in [6.07, 6.45) is 4.76. The van der Waals surface area contributed by atoms with Gasteiger partial charge in [-0.3, -0.25) is 4.79 Å². The van der Waals surface area contributed by atoms with E-state index in [-0.39, 0.29) is 12.5 Å². The first-order chi connectivity index (χ1) is 20.1. The molecule has 0 bridgehead atoms. The molecule has 0 aliphatic heterocycles. The highest BCUT2D eigenvalue weighted by molar-refractivity contribution is 5.88. The molecule has 0 saturated heterocycles. The van der Waals surface area contributed by atoms with Gasteiger partial charge in [-0.15, -0.1) is 0 Å². The molecule has 0 saturated carbocycles. The average molecular weight is 550 g/mol. The first-order valence-electron chi connectivity index (χ1n) is 14.6. The molecular formula is C35H39N3O3. The Balaban J connectivity index is 1.06. The number of fused-ring (bicyclic) bond motifs is 2. The van der Waals surface area contributed by atoms with E-state index in [1.807, 2.05) is 50.2 Å². The van der Waals surface area contributed by atoms with Gasteiger partial charge < -0.3 is 19.4 Å². The van der Waals surface area contributed by atoms with Gasteiger partial charge in [-0.25, -0.2) is 4.98 Å². The van der Waals surface area contributed by atoms with Crippen LogP contribution >= 0.6 is 0 Å². The number of aryl methyl sites for hydroxylation is 4. The molecule has 0 spiro atoms. The molecule has 0 unspecified atom stereocenters. The molecule has 212 valence electrons. The molecule has 0 fully saturated rings. The van der Waals surface area contributed by atoms with Crippen molar-refractivity contribution in [2.24, 2.45) is 0 Å². The standard InChI is InChI=1S/C35H39N3O3/c1-26-19-20-27(2)33(24-26)41-25-35(39)36-21-9-3-4-18-34-37-30-15-7-8-16-31(30)38(34)22-11-23-40-32-17-10-13-28-12-5-6-14-29(28)32/h5-8,10,12-17,19-20,24H,3-4,9,11,18,21-23,25H2,1-2H3,(H,36,39). The molecule has 0 atom stereocenters. The number of para-hydroxylation sites is 2. The number of unbranched alkanes of at least 4 members (excludes halogenated alkanes) is 2. The summed E-state index contributed by atoms with van der Waals surface area (Å²) in [5.74, 6) is 2.73. The lowest BCUT2D eigenvalue weighted by Crippen LogP contribution is -2.29. The Bertz CT molecular complexity index is 1600. The second kappa shape index (κ2) is 13.8. The molecular weight excluding hydrogens is 510 g/mol. The summed E-state index contributed by atoms with van der Waals surface area (Å²) in [6, 6.07) is 28.9. The first kappa shape index (κ1) is 28.2. The predicted octanol–water partition coefficient (Wildman–Crippen LogP) is 7.18. The molecule has 0 radical (unpaired) electrons. The Morgan fingerprint density at radius 2 is 1.66 bits per heavy atom. The van der Waals surface area contributed by atoms with Gasteiger partial charge in [-0.05, 0) is 73.9 Å². The van der Waals surface area contributed by atoms with Gasteiger partial charge in [0.2, 0.25) is 0 Å². The van der Waals surface area contributed by atoms with Crippen LogP contribution in [-0.2, 0) is 17.8 Å². The molecule has 1 amide bonds. The van der Waals surface area contributed by atoms with Crippen molar-refractivity contribution in [3.8, 4) is 11.5 Å². The molecule has 6 nitrogen and oxygen atoms in total. The zero-order chi connectivity index (χ0) is 28.4. The van der Waals surface area contributed by atoms with Gasteiger partial charge in [0.15, 0.2) is 6.61 Å². The summed E-state index contributed by atoms with van der Waals surface area (Å²) < 4.78 is 14.2. The van der Waals surface area contributed by atoms with Gasteiger partial charge in [0.05, 0.1) is 17.6 Å². The third kappa shape index (κ3) is 7.46. The molecule has 5 rings (SSSR count). The Labute approximate surface area is 242 Å². The summed E-state index contributed by atoms with van der Waals surface area (Å²) in [5.41, 5.74) is 4.36. The number of nitrogens with one attached hydrogen (secondary N) is 1. The van der Waals surface area contributed by atoms with Crippen LogP contribution in [0.5, 0.6) is 11.5 Å². The smallest absolute Gasteiger partial charge is 0.257 e. The molecule has 1 aromatic heterocycles. The second-order valence-corrected chi connectivity index (χ2v) is 10.6. The van der Waals surface area contributed by atoms with Crippen molar-refractivity contribution >= 4 is 27.7 Å². The van der Waals surface area contributed by atoms with E-state index in [2.05, 4.69) is 58.4 Å². The molecule has 4 aromatic carbocycles. The minimum atomic E-state index is -0.0848. The maximum atomic E-state index is 12.2. The highest BCUT2D eigenvalue weighted by Crippen LogP contribution is 2.25. The number of hydrogen-bond acceptors (Lipinski definition) is 4. The molecule has 6 heteroatoms. The fourth-order valence-corrected chi connectivity index (χ4v) is 5.16. The van der Waals surface area contributed by atoms with Crippen LogP contribution in [0.3, 0.4) is 0 Å². The number of carbonyl (C=O) groups excluding carboxylic acids is 1. The van der Waals surface area contributed by atoms with Gasteiger partial charge in [0.25, 0.3) is 5.91 Å². The lowest BCUT2D eigenvalue weighted by molar-refractivity contribution is -0.123. The fraction of sp³-hybridized carbons (Fsp3) is 0.314. The van der Waals surface area contributed by atoms with E-state index in [1.165, 1.54) is 10.9 Å². The number of rotatable bonds is 14. The Morgan fingerprint density at radius 1 is 0.829 bits per heavy atom. The second-order valence-electron chi connectivity index (χ2n) is 10.6. The van der Waals surface area contributed by atoms with Crippen LogP contribution < -0.4 is 14.8 Å². The Kier molecular flexibility index (Phi) is 9.53.